The fraction of sp³-hybridized carbons (Fsp3) is 0.105. The molecule has 0 saturated heterocycles. The fourth-order valence-electron chi connectivity index (χ4n) is 2.58. The largest absolute Gasteiger partial charge is 0.412 e. The van der Waals surface area contributed by atoms with Gasteiger partial charge in [0.1, 0.15) is 11.6 Å². The maximum absolute atomic E-state index is 13.9. The predicted octanol–water partition coefficient (Wildman–Crippen LogP) is 3.93. The molecule has 2 aromatic heterocycles. The highest BCUT2D eigenvalue weighted by molar-refractivity contribution is 7.15. The molecule has 1 amide bonds. The van der Waals surface area contributed by atoms with Gasteiger partial charge in [-0.3, -0.25) is 0 Å². The molecule has 1 N–H and O–H groups in total. The van der Waals surface area contributed by atoms with E-state index in [9.17, 15) is 9.18 Å². The summed E-state index contributed by atoms with van der Waals surface area (Å²) in [7, 11) is 0. The van der Waals surface area contributed by atoms with E-state index in [1.165, 1.54) is 17.4 Å². The fourth-order valence-corrected chi connectivity index (χ4v) is 3.43. The molecule has 0 spiro atoms. The third-order valence-corrected chi connectivity index (χ3v) is 4.73. The lowest BCUT2D eigenvalue weighted by atomic mass is 10.2. The van der Waals surface area contributed by atoms with Crippen LogP contribution >= 0.6 is 11.3 Å². The van der Waals surface area contributed by atoms with Gasteiger partial charge < -0.3 is 10.1 Å². The van der Waals surface area contributed by atoms with Crippen molar-refractivity contribution >= 4 is 22.4 Å². The molecule has 0 atom stereocenters. The highest BCUT2D eigenvalue weighted by atomic mass is 32.1. The van der Waals surface area contributed by atoms with Crippen molar-refractivity contribution in [3.05, 3.63) is 71.5 Å². The smallest absolute Gasteiger partial charge is 0.410 e. The molecule has 0 fully saturated rings. The first-order chi connectivity index (χ1) is 13.2. The average molecular weight is 382 g/mol. The Hall–Kier alpha value is -3.26. The SMILES string of the molecule is O=C(NCCc1csc2nc(-c3ccccc3F)nn12)Oc1ccccc1. The molecule has 0 aliphatic rings. The summed E-state index contributed by atoms with van der Waals surface area (Å²) in [4.78, 5) is 16.9. The third-order valence-electron chi connectivity index (χ3n) is 3.87. The van der Waals surface area contributed by atoms with E-state index >= 15 is 0 Å². The lowest BCUT2D eigenvalue weighted by molar-refractivity contribution is 0.200. The Morgan fingerprint density at radius 1 is 1.15 bits per heavy atom. The first-order valence-corrected chi connectivity index (χ1v) is 9.17. The molecule has 8 heteroatoms. The van der Waals surface area contributed by atoms with E-state index in [1.54, 1.807) is 47.0 Å². The summed E-state index contributed by atoms with van der Waals surface area (Å²) in [5.41, 5.74) is 1.24. The summed E-state index contributed by atoms with van der Waals surface area (Å²) in [5.74, 6) is 0.471. The zero-order valence-electron chi connectivity index (χ0n) is 14.1. The maximum Gasteiger partial charge on any atom is 0.412 e. The van der Waals surface area contributed by atoms with E-state index < -0.39 is 6.09 Å². The first kappa shape index (κ1) is 17.2. The molecule has 0 radical (unpaired) electrons. The van der Waals surface area contributed by atoms with Crippen LogP contribution in [0.15, 0.2) is 60.0 Å². The zero-order valence-corrected chi connectivity index (χ0v) is 14.9. The molecule has 27 heavy (non-hydrogen) atoms. The number of benzene rings is 2. The molecule has 2 aromatic carbocycles. The van der Waals surface area contributed by atoms with Gasteiger partial charge in [-0.25, -0.2) is 13.7 Å². The molecule has 2 heterocycles. The molecule has 0 bridgehead atoms. The number of halogens is 1. The van der Waals surface area contributed by atoms with Crippen LogP contribution in [0.2, 0.25) is 0 Å². The van der Waals surface area contributed by atoms with Crippen LogP contribution in [-0.2, 0) is 6.42 Å². The Labute approximate surface area is 158 Å². The lowest BCUT2D eigenvalue weighted by Crippen LogP contribution is -2.29. The summed E-state index contributed by atoms with van der Waals surface area (Å²) in [6.45, 7) is 0.381. The molecule has 0 unspecified atom stereocenters. The average Bonchev–Trinajstić information content (AvgIpc) is 3.24. The van der Waals surface area contributed by atoms with Gasteiger partial charge in [0, 0.05) is 18.3 Å². The number of ether oxygens (including phenoxy) is 1. The Morgan fingerprint density at radius 3 is 2.74 bits per heavy atom. The second kappa shape index (κ2) is 7.55. The molecule has 0 saturated carbocycles. The molecule has 6 nitrogen and oxygen atoms in total. The minimum absolute atomic E-state index is 0.345. The van der Waals surface area contributed by atoms with Crippen LogP contribution < -0.4 is 10.1 Å². The maximum atomic E-state index is 13.9. The molecule has 4 aromatic rings. The number of para-hydroxylation sites is 1. The minimum Gasteiger partial charge on any atom is -0.410 e. The van der Waals surface area contributed by atoms with Crippen LogP contribution in [0.4, 0.5) is 9.18 Å². The van der Waals surface area contributed by atoms with Gasteiger partial charge >= 0.3 is 6.09 Å². The molecular formula is C19H15FN4O2S. The molecule has 0 aliphatic carbocycles. The van der Waals surface area contributed by atoms with Crippen molar-refractivity contribution in [1.82, 2.24) is 19.9 Å². The number of hydrogen-bond donors (Lipinski definition) is 1. The van der Waals surface area contributed by atoms with Crippen molar-refractivity contribution in [1.29, 1.82) is 0 Å². The number of nitrogens with zero attached hydrogens (tertiary/aromatic N) is 3. The van der Waals surface area contributed by atoms with Crippen LogP contribution in [0.1, 0.15) is 5.69 Å². The lowest BCUT2D eigenvalue weighted by Gasteiger charge is -2.05. The monoisotopic (exact) mass is 382 g/mol. The highest BCUT2D eigenvalue weighted by Crippen LogP contribution is 2.23. The van der Waals surface area contributed by atoms with E-state index in [0.717, 1.165) is 5.69 Å². The van der Waals surface area contributed by atoms with Crippen LogP contribution in [0.25, 0.3) is 16.3 Å². The first-order valence-electron chi connectivity index (χ1n) is 8.29. The Bertz CT molecular complexity index is 1080. The Balaban J connectivity index is 1.41. The number of amides is 1. The van der Waals surface area contributed by atoms with Crippen molar-refractivity contribution in [3.63, 3.8) is 0 Å². The van der Waals surface area contributed by atoms with Gasteiger partial charge in [-0.1, -0.05) is 30.3 Å². The van der Waals surface area contributed by atoms with Gasteiger partial charge in [0.05, 0.1) is 11.3 Å². The third kappa shape index (κ3) is 3.80. The number of carbonyl (C=O) groups is 1. The number of thiazole rings is 1. The molecule has 4 rings (SSSR count). The van der Waals surface area contributed by atoms with Gasteiger partial charge in [0.2, 0.25) is 4.96 Å². The number of aromatic nitrogens is 3. The molecule has 136 valence electrons. The van der Waals surface area contributed by atoms with Crippen molar-refractivity contribution in [2.24, 2.45) is 0 Å². The second-order valence-electron chi connectivity index (χ2n) is 5.72. The van der Waals surface area contributed by atoms with Gasteiger partial charge in [-0.2, -0.15) is 4.98 Å². The van der Waals surface area contributed by atoms with Gasteiger partial charge in [0.25, 0.3) is 0 Å². The summed E-state index contributed by atoms with van der Waals surface area (Å²) in [5, 5.41) is 9.03. The van der Waals surface area contributed by atoms with Crippen molar-refractivity contribution in [3.8, 4) is 17.1 Å². The van der Waals surface area contributed by atoms with Crippen LogP contribution in [-0.4, -0.2) is 27.2 Å². The topological polar surface area (TPSA) is 68.5 Å². The minimum atomic E-state index is -0.515. The number of nitrogens with one attached hydrogen (secondary N) is 1. The Morgan fingerprint density at radius 2 is 1.93 bits per heavy atom. The summed E-state index contributed by atoms with van der Waals surface area (Å²) < 4.78 is 20.8. The second-order valence-corrected chi connectivity index (χ2v) is 6.55. The van der Waals surface area contributed by atoms with Crippen molar-refractivity contribution in [2.45, 2.75) is 6.42 Å². The Kier molecular flexibility index (Phi) is 4.80. The van der Waals surface area contributed by atoms with E-state index in [2.05, 4.69) is 15.4 Å². The predicted molar refractivity (Wildman–Crippen MR) is 100 cm³/mol. The van der Waals surface area contributed by atoms with E-state index in [0.29, 0.717) is 35.1 Å². The normalized spacial score (nSPS) is 10.9. The zero-order chi connectivity index (χ0) is 18.6. The summed E-state index contributed by atoms with van der Waals surface area (Å²) >= 11 is 1.42. The van der Waals surface area contributed by atoms with E-state index in [1.807, 2.05) is 11.4 Å². The number of rotatable bonds is 5. The number of fused-ring (bicyclic) bond motifs is 1. The molecule has 0 aliphatic heterocycles. The highest BCUT2D eigenvalue weighted by Gasteiger charge is 2.14. The van der Waals surface area contributed by atoms with E-state index in [-0.39, 0.29) is 5.82 Å². The van der Waals surface area contributed by atoms with Gasteiger partial charge in [-0.15, -0.1) is 16.4 Å². The van der Waals surface area contributed by atoms with Crippen LogP contribution in [0.3, 0.4) is 0 Å². The number of hydrogen-bond acceptors (Lipinski definition) is 5. The summed E-state index contributed by atoms with van der Waals surface area (Å²) in [6.07, 6.45) is 0.0301. The van der Waals surface area contributed by atoms with Crippen molar-refractivity contribution in [2.75, 3.05) is 6.54 Å². The standard InChI is InChI=1S/C19H15FN4O2S/c20-16-9-5-4-8-15(16)17-22-18-24(23-17)13(12-27-18)10-11-21-19(25)26-14-6-2-1-3-7-14/h1-9,12H,10-11H2,(H,21,25). The van der Waals surface area contributed by atoms with E-state index in [4.69, 9.17) is 4.74 Å². The number of carbonyl (C=O) groups excluding carboxylic acids is 1. The van der Waals surface area contributed by atoms with Gasteiger partial charge in [-0.05, 0) is 24.3 Å². The van der Waals surface area contributed by atoms with Crippen LogP contribution in [0, 0.1) is 5.82 Å². The van der Waals surface area contributed by atoms with Crippen LogP contribution in [0.5, 0.6) is 5.75 Å². The van der Waals surface area contributed by atoms with Crippen molar-refractivity contribution < 1.29 is 13.9 Å². The van der Waals surface area contributed by atoms with Gasteiger partial charge in [0.15, 0.2) is 5.82 Å². The quantitative estimate of drug-likeness (QED) is 0.568. The molecular weight excluding hydrogens is 367 g/mol. The summed E-state index contributed by atoms with van der Waals surface area (Å²) in [6, 6.07) is 15.3.